The van der Waals surface area contributed by atoms with Crippen molar-refractivity contribution >= 4 is 6.09 Å². The molecule has 0 heterocycles. The Hall–Kier alpha value is -1.51. The maximum atomic E-state index is 11.0. The van der Waals surface area contributed by atoms with Gasteiger partial charge >= 0.3 is 0 Å². The zero-order valence-corrected chi connectivity index (χ0v) is 9.36. The predicted molar refractivity (Wildman–Crippen MR) is 57.1 cm³/mol. The van der Waals surface area contributed by atoms with Gasteiger partial charge in [0.25, 0.3) is 0 Å². The van der Waals surface area contributed by atoms with Gasteiger partial charge < -0.3 is 14.8 Å². The average Bonchev–Trinajstić information content (AvgIpc) is 2.13. The summed E-state index contributed by atoms with van der Waals surface area (Å²) in [6.07, 6.45) is -1.13. The molecule has 0 saturated heterocycles. The van der Waals surface area contributed by atoms with Crippen LogP contribution in [0.2, 0.25) is 0 Å². The number of nitrogens with zero attached hydrogens (tertiary/aromatic N) is 1. The van der Waals surface area contributed by atoms with Gasteiger partial charge in [0.05, 0.1) is 0 Å². The molecule has 3 heteroatoms. The fraction of sp³-hybridized carbons (Fsp3) is 0.417. The summed E-state index contributed by atoms with van der Waals surface area (Å²) in [5.74, 6) is 0. The van der Waals surface area contributed by atoms with E-state index in [4.69, 9.17) is 0 Å². The Labute approximate surface area is 90.3 Å². The minimum atomic E-state index is -1.13. The molecule has 82 valence electrons. The predicted octanol–water partition coefficient (Wildman–Crippen LogP) is 1.63. The average molecular weight is 206 g/mol. The van der Waals surface area contributed by atoms with Crippen LogP contribution in [0.15, 0.2) is 30.3 Å². The Morgan fingerprint density at radius 3 is 2.20 bits per heavy atom. The molecule has 0 radical (unpaired) electrons. The van der Waals surface area contributed by atoms with Crippen molar-refractivity contribution in [1.82, 2.24) is 4.90 Å². The Morgan fingerprint density at radius 1 is 1.27 bits per heavy atom. The second-order valence-electron chi connectivity index (χ2n) is 4.51. The van der Waals surface area contributed by atoms with Gasteiger partial charge in [-0.3, -0.25) is 0 Å². The van der Waals surface area contributed by atoms with Crippen LogP contribution in [0.25, 0.3) is 0 Å². The zero-order valence-electron chi connectivity index (χ0n) is 9.36. The Bertz CT molecular complexity index is 327. The Balaban J connectivity index is 2.82. The minimum absolute atomic E-state index is 0.368. The van der Waals surface area contributed by atoms with E-state index in [0.29, 0.717) is 6.54 Å². The zero-order chi connectivity index (χ0) is 11.5. The second kappa shape index (κ2) is 4.34. The lowest BCUT2D eigenvalue weighted by atomic mass is 10.1. The van der Waals surface area contributed by atoms with Gasteiger partial charge in [0.1, 0.15) is 6.09 Å². The number of benzene rings is 1. The van der Waals surface area contributed by atoms with Crippen LogP contribution in [-0.4, -0.2) is 16.5 Å². The molecular weight excluding hydrogens is 190 g/mol. The highest BCUT2D eigenvalue weighted by Crippen LogP contribution is 2.16. The van der Waals surface area contributed by atoms with Crippen molar-refractivity contribution in [3.05, 3.63) is 35.9 Å². The molecule has 15 heavy (non-hydrogen) atoms. The van der Waals surface area contributed by atoms with Crippen molar-refractivity contribution in [3.8, 4) is 0 Å². The molecule has 1 aromatic rings. The highest BCUT2D eigenvalue weighted by atomic mass is 16.4. The molecule has 1 aromatic carbocycles. The molecule has 0 fully saturated rings. The van der Waals surface area contributed by atoms with Crippen LogP contribution in [0.5, 0.6) is 0 Å². The second-order valence-corrected chi connectivity index (χ2v) is 4.51. The highest BCUT2D eigenvalue weighted by molar-refractivity contribution is 5.63. The van der Waals surface area contributed by atoms with Gasteiger partial charge in [-0.1, -0.05) is 30.3 Å². The summed E-state index contributed by atoms with van der Waals surface area (Å²) in [6, 6.07) is 9.50. The van der Waals surface area contributed by atoms with Gasteiger partial charge in [-0.25, -0.2) is 0 Å². The van der Waals surface area contributed by atoms with Gasteiger partial charge in [-0.15, -0.1) is 0 Å². The molecule has 0 aliphatic carbocycles. The molecule has 0 aromatic heterocycles. The van der Waals surface area contributed by atoms with E-state index in [1.165, 1.54) is 4.90 Å². The van der Waals surface area contributed by atoms with Crippen molar-refractivity contribution in [2.24, 2.45) is 0 Å². The summed E-state index contributed by atoms with van der Waals surface area (Å²) in [7, 11) is 0. The lowest BCUT2D eigenvalue weighted by molar-refractivity contribution is -0.271. The van der Waals surface area contributed by atoms with Gasteiger partial charge in [-0.05, 0) is 26.3 Å². The van der Waals surface area contributed by atoms with E-state index in [-0.39, 0.29) is 0 Å². The summed E-state index contributed by atoms with van der Waals surface area (Å²) in [5.41, 5.74) is 0.533. The van der Waals surface area contributed by atoms with Crippen molar-refractivity contribution in [2.45, 2.75) is 32.9 Å². The number of hydrogen-bond donors (Lipinski definition) is 0. The quantitative estimate of drug-likeness (QED) is 0.738. The number of carbonyl (C=O) groups is 1. The van der Waals surface area contributed by atoms with Crippen LogP contribution < -0.4 is 5.11 Å². The SMILES string of the molecule is CC(C)(C)N(Cc1ccccc1)C(=O)[O-]. The van der Waals surface area contributed by atoms with Crippen LogP contribution in [0.3, 0.4) is 0 Å². The molecule has 0 saturated carbocycles. The summed E-state index contributed by atoms with van der Waals surface area (Å²) < 4.78 is 0. The molecule has 0 atom stereocenters. The van der Waals surface area contributed by atoms with Crippen molar-refractivity contribution < 1.29 is 9.90 Å². The topological polar surface area (TPSA) is 43.4 Å². The molecule has 0 bridgehead atoms. The lowest BCUT2D eigenvalue weighted by Crippen LogP contribution is -2.50. The number of amides is 1. The summed E-state index contributed by atoms with van der Waals surface area (Å²) in [6.45, 7) is 5.93. The van der Waals surface area contributed by atoms with Gasteiger partial charge in [-0.2, -0.15) is 0 Å². The first-order valence-electron chi connectivity index (χ1n) is 4.94. The van der Waals surface area contributed by atoms with Crippen LogP contribution in [-0.2, 0) is 6.54 Å². The van der Waals surface area contributed by atoms with E-state index in [9.17, 15) is 9.90 Å². The maximum Gasteiger partial charge on any atom is 0.137 e. The van der Waals surface area contributed by atoms with E-state index in [2.05, 4.69) is 0 Å². The van der Waals surface area contributed by atoms with Gasteiger partial charge in [0, 0.05) is 12.1 Å². The third-order valence-electron chi connectivity index (χ3n) is 2.21. The molecule has 0 unspecified atom stereocenters. The first-order chi connectivity index (χ1) is 6.91. The van der Waals surface area contributed by atoms with E-state index >= 15 is 0 Å². The fourth-order valence-corrected chi connectivity index (χ4v) is 1.34. The largest absolute Gasteiger partial charge is 0.530 e. The third kappa shape index (κ3) is 3.27. The van der Waals surface area contributed by atoms with E-state index in [1.807, 2.05) is 51.1 Å². The fourth-order valence-electron chi connectivity index (χ4n) is 1.34. The number of hydrogen-bond acceptors (Lipinski definition) is 2. The number of carboxylic acid groups (broad SMARTS) is 1. The first-order valence-corrected chi connectivity index (χ1v) is 4.94. The van der Waals surface area contributed by atoms with E-state index in [1.54, 1.807) is 0 Å². The van der Waals surface area contributed by atoms with Crippen LogP contribution in [0, 0.1) is 0 Å². The van der Waals surface area contributed by atoms with E-state index in [0.717, 1.165) is 5.56 Å². The molecule has 0 spiro atoms. The minimum Gasteiger partial charge on any atom is -0.530 e. The first kappa shape index (κ1) is 11.6. The monoisotopic (exact) mass is 206 g/mol. The Morgan fingerprint density at radius 2 is 1.80 bits per heavy atom. The number of rotatable bonds is 2. The van der Waals surface area contributed by atoms with Crippen molar-refractivity contribution in [3.63, 3.8) is 0 Å². The highest BCUT2D eigenvalue weighted by Gasteiger charge is 2.20. The van der Waals surface area contributed by atoms with Gasteiger partial charge in [0.15, 0.2) is 0 Å². The maximum absolute atomic E-state index is 11.0. The van der Waals surface area contributed by atoms with Crippen LogP contribution in [0.4, 0.5) is 4.79 Å². The molecule has 0 aliphatic heterocycles. The molecule has 1 rings (SSSR count). The molecule has 1 amide bonds. The molecule has 3 nitrogen and oxygen atoms in total. The summed E-state index contributed by atoms with van der Waals surface area (Å²) in [4.78, 5) is 12.3. The van der Waals surface area contributed by atoms with Gasteiger partial charge in [0.2, 0.25) is 0 Å². The lowest BCUT2D eigenvalue weighted by Gasteiger charge is -2.37. The van der Waals surface area contributed by atoms with E-state index < -0.39 is 11.6 Å². The smallest absolute Gasteiger partial charge is 0.137 e. The van der Waals surface area contributed by atoms with Crippen molar-refractivity contribution in [1.29, 1.82) is 0 Å². The molecule has 0 N–H and O–H groups in total. The molecule has 0 aliphatic rings. The normalized spacial score (nSPS) is 11.1. The summed E-state index contributed by atoms with van der Waals surface area (Å²) >= 11 is 0. The number of carbonyl (C=O) groups excluding carboxylic acids is 1. The van der Waals surface area contributed by atoms with Crippen LogP contribution >= 0.6 is 0 Å². The molecular formula is C12H16NO2-. The third-order valence-corrected chi connectivity index (χ3v) is 2.21. The Kier molecular flexibility index (Phi) is 3.35. The van der Waals surface area contributed by atoms with Crippen LogP contribution in [0.1, 0.15) is 26.3 Å². The van der Waals surface area contributed by atoms with Crippen molar-refractivity contribution in [2.75, 3.05) is 0 Å². The standard InChI is InChI=1S/C12H17NO2/c1-12(2,3)13(11(14)15)9-10-7-5-4-6-8-10/h4-8H,9H2,1-3H3,(H,14,15)/p-1. The summed E-state index contributed by atoms with van der Waals surface area (Å²) in [5, 5.41) is 11.0.